The Labute approximate surface area is 157 Å². The monoisotopic (exact) mass is 376 g/mol. The second-order valence-corrected chi connectivity index (χ2v) is 7.98. The number of anilines is 1. The van der Waals surface area contributed by atoms with Gasteiger partial charge in [-0.1, -0.05) is 25.5 Å². The van der Waals surface area contributed by atoms with Crippen molar-refractivity contribution in [1.82, 2.24) is 4.90 Å². The Bertz CT molecular complexity index is 691. The van der Waals surface area contributed by atoms with E-state index in [-0.39, 0.29) is 18.4 Å². The number of carbonyl (C=O) groups excluding carboxylic acids is 3. The molecule has 6 nitrogen and oxygen atoms in total. The summed E-state index contributed by atoms with van der Waals surface area (Å²) in [6.07, 6.45) is 4.12. The molecule has 140 valence electrons. The summed E-state index contributed by atoms with van der Waals surface area (Å²) < 4.78 is 5.22. The summed E-state index contributed by atoms with van der Waals surface area (Å²) in [6.45, 7) is 2.37. The van der Waals surface area contributed by atoms with Crippen LogP contribution in [0, 0.1) is 0 Å². The maximum atomic E-state index is 12.5. The van der Waals surface area contributed by atoms with Gasteiger partial charge in [0.2, 0.25) is 5.91 Å². The number of esters is 1. The van der Waals surface area contributed by atoms with Gasteiger partial charge >= 0.3 is 5.97 Å². The highest BCUT2D eigenvalue weighted by molar-refractivity contribution is 8.01. The molecule has 2 fully saturated rings. The molecule has 1 aromatic rings. The molecule has 0 aliphatic carbocycles. The zero-order valence-electron chi connectivity index (χ0n) is 15.0. The molecule has 2 aliphatic heterocycles. The average Bonchev–Trinajstić information content (AvgIpc) is 3.21. The molecule has 2 aliphatic rings. The number of benzene rings is 1. The SMILES string of the molecule is CCCCc1ccc(NC(=O)COC(=O)C23CCC(=O)N2CCS3)cc1. The van der Waals surface area contributed by atoms with E-state index in [0.29, 0.717) is 25.1 Å². The predicted molar refractivity (Wildman–Crippen MR) is 101 cm³/mol. The summed E-state index contributed by atoms with van der Waals surface area (Å²) in [4.78, 5) is 37.1. The van der Waals surface area contributed by atoms with E-state index in [0.717, 1.165) is 25.0 Å². The Morgan fingerprint density at radius 1 is 1.31 bits per heavy atom. The van der Waals surface area contributed by atoms with Crippen molar-refractivity contribution in [2.45, 2.75) is 43.9 Å². The molecule has 0 bridgehead atoms. The van der Waals surface area contributed by atoms with Gasteiger partial charge in [-0.2, -0.15) is 0 Å². The Morgan fingerprint density at radius 2 is 2.08 bits per heavy atom. The number of hydrogen-bond acceptors (Lipinski definition) is 5. The summed E-state index contributed by atoms with van der Waals surface area (Å²) in [6, 6.07) is 7.70. The third-order valence-corrected chi connectivity index (χ3v) is 6.24. The smallest absolute Gasteiger partial charge is 0.343 e. The van der Waals surface area contributed by atoms with Gasteiger partial charge in [-0.05, 0) is 37.0 Å². The molecular weight excluding hydrogens is 352 g/mol. The fourth-order valence-electron chi connectivity index (χ4n) is 3.36. The van der Waals surface area contributed by atoms with Gasteiger partial charge in [0.1, 0.15) is 0 Å². The van der Waals surface area contributed by atoms with Crippen molar-refractivity contribution in [2.24, 2.45) is 0 Å². The molecule has 0 saturated carbocycles. The molecule has 2 saturated heterocycles. The van der Waals surface area contributed by atoms with E-state index in [9.17, 15) is 14.4 Å². The van der Waals surface area contributed by atoms with E-state index >= 15 is 0 Å². The summed E-state index contributed by atoms with van der Waals surface area (Å²) in [5, 5.41) is 2.73. The number of rotatable bonds is 7. The molecule has 26 heavy (non-hydrogen) atoms. The van der Waals surface area contributed by atoms with Crippen LogP contribution in [0.25, 0.3) is 0 Å². The Morgan fingerprint density at radius 3 is 2.81 bits per heavy atom. The first-order chi connectivity index (χ1) is 12.5. The predicted octanol–water partition coefficient (Wildman–Crippen LogP) is 2.58. The molecule has 0 spiro atoms. The highest BCUT2D eigenvalue weighted by atomic mass is 32.2. The van der Waals surface area contributed by atoms with Crippen LogP contribution in [0.15, 0.2) is 24.3 Å². The van der Waals surface area contributed by atoms with Crippen LogP contribution in [-0.4, -0.2) is 46.5 Å². The van der Waals surface area contributed by atoms with E-state index in [1.54, 1.807) is 4.90 Å². The number of nitrogens with one attached hydrogen (secondary N) is 1. The number of unbranched alkanes of at least 4 members (excludes halogenated alkanes) is 1. The number of aryl methyl sites for hydroxylation is 1. The normalized spacial score (nSPS) is 21.6. The fraction of sp³-hybridized carbons (Fsp3) is 0.526. The number of ether oxygens (including phenoxy) is 1. The third kappa shape index (κ3) is 3.87. The highest BCUT2D eigenvalue weighted by Crippen LogP contribution is 2.45. The summed E-state index contributed by atoms with van der Waals surface area (Å²) in [5.74, 6) is -0.164. The van der Waals surface area contributed by atoms with Crippen LogP contribution < -0.4 is 5.32 Å². The van der Waals surface area contributed by atoms with E-state index in [1.165, 1.54) is 17.3 Å². The lowest BCUT2D eigenvalue weighted by molar-refractivity contribution is -0.155. The summed E-state index contributed by atoms with van der Waals surface area (Å²) >= 11 is 1.43. The number of nitrogens with zero attached hydrogens (tertiary/aromatic N) is 1. The van der Waals surface area contributed by atoms with Gasteiger partial charge < -0.3 is 15.0 Å². The van der Waals surface area contributed by atoms with Crippen LogP contribution in [0.5, 0.6) is 0 Å². The van der Waals surface area contributed by atoms with Crippen LogP contribution >= 0.6 is 11.8 Å². The molecule has 0 radical (unpaired) electrons. The van der Waals surface area contributed by atoms with Crippen LogP contribution in [0.2, 0.25) is 0 Å². The minimum Gasteiger partial charge on any atom is -0.453 e. The molecule has 1 N–H and O–H groups in total. The van der Waals surface area contributed by atoms with Gasteiger partial charge in [0.15, 0.2) is 11.5 Å². The van der Waals surface area contributed by atoms with E-state index in [4.69, 9.17) is 4.74 Å². The quantitative estimate of drug-likeness (QED) is 0.740. The first kappa shape index (κ1) is 18.8. The first-order valence-corrected chi connectivity index (χ1v) is 10.0. The van der Waals surface area contributed by atoms with E-state index in [2.05, 4.69) is 12.2 Å². The van der Waals surface area contributed by atoms with Gasteiger partial charge in [0.25, 0.3) is 5.91 Å². The standard InChI is InChI=1S/C19H24N2O4S/c1-2-3-4-14-5-7-15(8-6-14)20-16(22)13-25-18(24)19-10-9-17(23)21(19)11-12-26-19/h5-8H,2-4,9-13H2,1H3,(H,20,22). The topological polar surface area (TPSA) is 75.7 Å². The molecule has 2 amide bonds. The molecule has 2 heterocycles. The van der Waals surface area contributed by atoms with E-state index in [1.807, 2.05) is 24.3 Å². The second-order valence-electron chi connectivity index (χ2n) is 6.60. The first-order valence-electron chi connectivity index (χ1n) is 9.05. The van der Waals surface area contributed by atoms with Gasteiger partial charge in [-0.25, -0.2) is 4.79 Å². The number of hydrogen-bond donors (Lipinski definition) is 1. The van der Waals surface area contributed by atoms with Crippen molar-refractivity contribution in [3.8, 4) is 0 Å². The van der Waals surface area contributed by atoms with Crippen LogP contribution in [0.4, 0.5) is 5.69 Å². The summed E-state index contributed by atoms with van der Waals surface area (Å²) in [5.41, 5.74) is 1.91. The minimum absolute atomic E-state index is 0.0143. The van der Waals surface area contributed by atoms with Gasteiger partial charge in [0, 0.05) is 24.4 Å². The van der Waals surface area contributed by atoms with Gasteiger partial charge in [0.05, 0.1) is 0 Å². The highest BCUT2D eigenvalue weighted by Gasteiger charge is 2.56. The van der Waals surface area contributed by atoms with Gasteiger partial charge in [-0.3, -0.25) is 9.59 Å². The molecule has 1 atom stereocenters. The fourth-order valence-corrected chi connectivity index (χ4v) is 4.74. The lowest BCUT2D eigenvalue weighted by Gasteiger charge is -2.28. The molecule has 0 aromatic heterocycles. The van der Waals surface area contributed by atoms with Crippen molar-refractivity contribution in [2.75, 3.05) is 24.2 Å². The number of carbonyl (C=O) groups is 3. The maximum Gasteiger partial charge on any atom is 0.343 e. The van der Waals surface area contributed by atoms with Crippen molar-refractivity contribution in [1.29, 1.82) is 0 Å². The minimum atomic E-state index is -0.918. The number of thioether (sulfide) groups is 1. The van der Waals surface area contributed by atoms with Crippen molar-refractivity contribution in [3.05, 3.63) is 29.8 Å². The average molecular weight is 376 g/mol. The zero-order valence-corrected chi connectivity index (χ0v) is 15.8. The molecule has 3 rings (SSSR count). The van der Waals surface area contributed by atoms with Crippen molar-refractivity contribution < 1.29 is 19.1 Å². The Hall–Kier alpha value is -2.02. The molecule has 1 unspecified atom stereocenters. The summed E-state index contributed by atoms with van der Waals surface area (Å²) in [7, 11) is 0. The zero-order chi connectivity index (χ0) is 18.6. The molecule has 7 heteroatoms. The molecule has 1 aromatic carbocycles. The van der Waals surface area contributed by atoms with Crippen molar-refractivity contribution in [3.63, 3.8) is 0 Å². The van der Waals surface area contributed by atoms with Crippen LogP contribution in [0.3, 0.4) is 0 Å². The van der Waals surface area contributed by atoms with Gasteiger partial charge in [-0.15, -0.1) is 11.8 Å². The van der Waals surface area contributed by atoms with Crippen LogP contribution in [-0.2, 0) is 25.5 Å². The lowest BCUT2D eigenvalue weighted by Crippen LogP contribution is -2.46. The van der Waals surface area contributed by atoms with Crippen molar-refractivity contribution >= 4 is 35.2 Å². The molecular formula is C19H24N2O4S. The maximum absolute atomic E-state index is 12.5. The Balaban J connectivity index is 1.49. The number of amides is 2. The number of fused-ring (bicyclic) bond motifs is 1. The van der Waals surface area contributed by atoms with Crippen LogP contribution in [0.1, 0.15) is 38.2 Å². The largest absolute Gasteiger partial charge is 0.453 e. The van der Waals surface area contributed by atoms with E-state index < -0.39 is 10.8 Å². The third-order valence-electron chi connectivity index (χ3n) is 4.78. The Kier molecular flexibility index (Phi) is 5.86. The lowest BCUT2D eigenvalue weighted by atomic mass is 10.1. The second kappa shape index (κ2) is 8.12.